The maximum atomic E-state index is 4.32. The zero-order valence-corrected chi connectivity index (χ0v) is 9.05. The summed E-state index contributed by atoms with van der Waals surface area (Å²) in [5.41, 5.74) is 1.27. The summed E-state index contributed by atoms with van der Waals surface area (Å²) in [4.78, 5) is 4.32. The Labute approximate surface area is 87.8 Å². The van der Waals surface area contributed by atoms with E-state index in [1.807, 2.05) is 24.1 Å². The number of hydrogen-bond donors (Lipinski definition) is 1. The fourth-order valence-electron chi connectivity index (χ4n) is 1.36. The van der Waals surface area contributed by atoms with Crippen LogP contribution in [0.15, 0.2) is 17.4 Å². The topological polar surface area (TPSA) is 42.2 Å². The average molecular weight is 210 g/mol. The summed E-state index contributed by atoms with van der Waals surface area (Å²) in [5.74, 6) is 1.12. The lowest BCUT2D eigenvalue weighted by Gasteiger charge is -2.02. The van der Waals surface area contributed by atoms with Gasteiger partial charge in [0.25, 0.3) is 0 Å². The minimum Gasteiger partial charge on any atom is -0.365 e. The summed E-state index contributed by atoms with van der Waals surface area (Å²) in [6, 6.07) is 0. The molecule has 76 valence electrons. The molecule has 1 aliphatic rings. The first-order valence-electron chi connectivity index (χ1n) is 4.73. The van der Waals surface area contributed by atoms with Gasteiger partial charge in [0.2, 0.25) is 0 Å². The first kappa shape index (κ1) is 9.58. The molecule has 0 aromatic carbocycles. The second-order valence-corrected chi connectivity index (χ2v) is 4.32. The number of aryl methyl sites for hydroxylation is 1. The van der Waals surface area contributed by atoms with Gasteiger partial charge in [-0.25, -0.2) is 0 Å². The van der Waals surface area contributed by atoms with Crippen LogP contribution in [0.1, 0.15) is 5.56 Å². The Kier molecular flexibility index (Phi) is 3.08. The zero-order valence-electron chi connectivity index (χ0n) is 8.23. The summed E-state index contributed by atoms with van der Waals surface area (Å²) in [6.07, 6.45) is 4.96. The van der Waals surface area contributed by atoms with Crippen LogP contribution in [0.3, 0.4) is 0 Å². The van der Waals surface area contributed by atoms with E-state index >= 15 is 0 Å². The van der Waals surface area contributed by atoms with Crippen molar-refractivity contribution in [3.63, 3.8) is 0 Å². The van der Waals surface area contributed by atoms with Gasteiger partial charge in [-0.3, -0.25) is 9.67 Å². The molecule has 4 nitrogen and oxygen atoms in total. The first-order valence-corrected chi connectivity index (χ1v) is 5.72. The molecule has 1 aromatic heterocycles. The van der Waals surface area contributed by atoms with Crippen molar-refractivity contribution in [2.75, 3.05) is 18.8 Å². The maximum absolute atomic E-state index is 4.32. The van der Waals surface area contributed by atoms with Crippen LogP contribution in [0, 0.1) is 0 Å². The molecule has 2 heterocycles. The number of nitrogens with zero attached hydrogens (tertiary/aromatic N) is 3. The van der Waals surface area contributed by atoms with E-state index in [1.165, 1.54) is 5.56 Å². The van der Waals surface area contributed by atoms with Crippen LogP contribution in [0.2, 0.25) is 0 Å². The molecule has 0 amide bonds. The van der Waals surface area contributed by atoms with Gasteiger partial charge in [0.05, 0.1) is 12.7 Å². The van der Waals surface area contributed by atoms with Gasteiger partial charge >= 0.3 is 0 Å². The van der Waals surface area contributed by atoms with Gasteiger partial charge in [-0.05, 0) is 12.0 Å². The summed E-state index contributed by atoms with van der Waals surface area (Å²) >= 11 is 1.80. The second-order valence-electron chi connectivity index (χ2n) is 3.23. The van der Waals surface area contributed by atoms with Crippen LogP contribution in [0.5, 0.6) is 0 Å². The first-order chi connectivity index (χ1) is 6.84. The van der Waals surface area contributed by atoms with Gasteiger partial charge in [-0.1, -0.05) is 11.8 Å². The molecule has 0 saturated carbocycles. The molecule has 0 saturated heterocycles. The molecule has 1 aliphatic heterocycles. The third-order valence-electron chi connectivity index (χ3n) is 2.03. The minimum absolute atomic E-state index is 0.942. The van der Waals surface area contributed by atoms with Gasteiger partial charge in [-0.2, -0.15) is 5.10 Å². The summed E-state index contributed by atoms with van der Waals surface area (Å²) < 4.78 is 1.83. The highest BCUT2D eigenvalue weighted by atomic mass is 32.2. The summed E-state index contributed by atoms with van der Waals surface area (Å²) in [6.45, 7) is 1.90. The lowest BCUT2D eigenvalue weighted by molar-refractivity contribution is 0.766. The SMILES string of the molecule is Cn1cc(CCNC2=NCCS2)cn1. The molecule has 0 aliphatic carbocycles. The highest BCUT2D eigenvalue weighted by Crippen LogP contribution is 2.08. The van der Waals surface area contributed by atoms with Crippen LogP contribution in [0.4, 0.5) is 0 Å². The van der Waals surface area contributed by atoms with E-state index < -0.39 is 0 Å². The van der Waals surface area contributed by atoms with Crippen molar-refractivity contribution in [3.8, 4) is 0 Å². The molecule has 0 unspecified atom stereocenters. The molecule has 0 spiro atoms. The molecule has 0 fully saturated rings. The largest absolute Gasteiger partial charge is 0.365 e. The number of hydrogen-bond acceptors (Lipinski definition) is 4. The van der Waals surface area contributed by atoms with Crippen LogP contribution in [-0.4, -0.2) is 33.8 Å². The monoisotopic (exact) mass is 210 g/mol. The van der Waals surface area contributed by atoms with Gasteiger partial charge in [0.1, 0.15) is 0 Å². The zero-order chi connectivity index (χ0) is 9.80. The van der Waals surface area contributed by atoms with Gasteiger partial charge in [0.15, 0.2) is 5.17 Å². The molecule has 0 bridgehead atoms. The van der Waals surface area contributed by atoms with Crippen molar-refractivity contribution in [3.05, 3.63) is 18.0 Å². The van der Waals surface area contributed by atoms with Crippen LogP contribution >= 0.6 is 11.8 Å². The Morgan fingerprint density at radius 1 is 1.64 bits per heavy atom. The van der Waals surface area contributed by atoms with Gasteiger partial charge in [0, 0.05) is 25.5 Å². The number of aliphatic imine (C=N–C) groups is 1. The van der Waals surface area contributed by atoms with E-state index in [-0.39, 0.29) is 0 Å². The molecule has 1 N–H and O–H groups in total. The van der Waals surface area contributed by atoms with E-state index in [0.29, 0.717) is 0 Å². The fraction of sp³-hybridized carbons (Fsp3) is 0.556. The molecular formula is C9H14N4S. The molecule has 5 heteroatoms. The Morgan fingerprint density at radius 2 is 2.57 bits per heavy atom. The number of aromatic nitrogens is 2. The smallest absolute Gasteiger partial charge is 0.156 e. The fourth-order valence-corrected chi connectivity index (χ4v) is 2.12. The van der Waals surface area contributed by atoms with Crippen molar-refractivity contribution in [2.24, 2.45) is 12.0 Å². The highest BCUT2D eigenvalue weighted by Gasteiger charge is 2.05. The minimum atomic E-state index is 0.942. The van der Waals surface area contributed by atoms with Crippen LogP contribution in [0.25, 0.3) is 0 Å². The number of thioether (sulfide) groups is 1. The third kappa shape index (κ3) is 2.51. The highest BCUT2D eigenvalue weighted by molar-refractivity contribution is 8.14. The van der Waals surface area contributed by atoms with E-state index in [1.54, 1.807) is 11.8 Å². The third-order valence-corrected chi connectivity index (χ3v) is 2.97. The molecule has 1 aromatic rings. The Balaban J connectivity index is 1.72. The Hall–Kier alpha value is -0.970. The quantitative estimate of drug-likeness (QED) is 0.796. The molecule has 14 heavy (non-hydrogen) atoms. The lowest BCUT2D eigenvalue weighted by atomic mass is 10.2. The van der Waals surface area contributed by atoms with E-state index in [0.717, 1.165) is 30.4 Å². The van der Waals surface area contributed by atoms with E-state index in [4.69, 9.17) is 0 Å². The molecule has 0 radical (unpaired) electrons. The van der Waals surface area contributed by atoms with Crippen molar-refractivity contribution >= 4 is 16.9 Å². The van der Waals surface area contributed by atoms with Crippen LogP contribution in [-0.2, 0) is 13.5 Å². The van der Waals surface area contributed by atoms with E-state index in [9.17, 15) is 0 Å². The lowest BCUT2D eigenvalue weighted by Crippen LogP contribution is -2.21. The molecular weight excluding hydrogens is 196 g/mol. The predicted molar refractivity (Wildman–Crippen MR) is 59.7 cm³/mol. The standard InChI is InChI=1S/C9H14N4S/c1-13-7-8(6-12-13)2-3-10-9-11-4-5-14-9/h6-7H,2-5H2,1H3,(H,10,11). The summed E-state index contributed by atoms with van der Waals surface area (Å²) in [7, 11) is 1.94. The second kappa shape index (κ2) is 4.50. The van der Waals surface area contributed by atoms with E-state index in [2.05, 4.69) is 15.4 Å². The predicted octanol–water partition coefficient (Wildman–Crippen LogP) is 0.655. The van der Waals surface area contributed by atoms with Crippen molar-refractivity contribution in [1.29, 1.82) is 0 Å². The van der Waals surface area contributed by atoms with Gasteiger partial charge < -0.3 is 5.32 Å². The number of amidine groups is 1. The van der Waals surface area contributed by atoms with Crippen molar-refractivity contribution < 1.29 is 0 Å². The van der Waals surface area contributed by atoms with Gasteiger partial charge in [-0.15, -0.1) is 0 Å². The van der Waals surface area contributed by atoms with Crippen molar-refractivity contribution in [2.45, 2.75) is 6.42 Å². The number of nitrogens with one attached hydrogen (secondary N) is 1. The number of rotatable bonds is 3. The Bertz CT molecular complexity index is 331. The maximum Gasteiger partial charge on any atom is 0.156 e. The van der Waals surface area contributed by atoms with Crippen molar-refractivity contribution in [1.82, 2.24) is 15.1 Å². The Morgan fingerprint density at radius 3 is 3.21 bits per heavy atom. The average Bonchev–Trinajstić information content (AvgIpc) is 2.77. The molecule has 2 rings (SSSR count). The normalized spacial score (nSPS) is 15.6. The summed E-state index contributed by atoms with van der Waals surface area (Å²) in [5, 5.41) is 8.53. The molecule has 0 atom stereocenters. The van der Waals surface area contributed by atoms with Crippen LogP contribution < -0.4 is 5.32 Å².